The monoisotopic (exact) mass is 257 g/mol. The molecular weight excluding hydrogens is 242 g/mol. The van der Waals surface area contributed by atoms with Crippen molar-refractivity contribution in [2.45, 2.75) is 6.54 Å². The minimum Gasteiger partial charge on any atom is -0.368 e. The summed E-state index contributed by atoms with van der Waals surface area (Å²) in [6, 6.07) is 9.36. The maximum atomic E-state index is 11.4. The Balaban J connectivity index is 0.00000256. The molecule has 4 N–H and O–H groups in total. The lowest BCUT2D eigenvalue weighted by molar-refractivity contribution is -0.134. The Labute approximate surface area is 106 Å². The molecule has 2 amide bonds. The van der Waals surface area contributed by atoms with Crippen LogP contribution >= 0.6 is 12.4 Å². The minimum atomic E-state index is -0.544. The number of carbonyl (C=O) groups is 2. The van der Waals surface area contributed by atoms with Gasteiger partial charge in [0.2, 0.25) is 11.8 Å². The van der Waals surface area contributed by atoms with E-state index in [0.717, 1.165) is 5.56 Å². The molecule has 94 valence electrons. The van der Waals surface area contributed by atoms with E-state index in [0.29, 0.717) is 6.54 Å². The normalized spacial score (nSPS) is 9.24. The molecule has 0 bridgehead atoms. The number of hydrogen-bond acceptors (Lipinski definition) is 3. The Morgan fingerprint density at radius 1 is 1.18 bits per heavy atom. The smallest absolute Gasteiger partial charge is 0.237 e. The summed E-state index contributed by atoms with van der Waals surface area (Å²) in [5, 5.41) is 0. The molecule has 1 rings (SSSR count). The van der Waals surface area contributed by atoms with E-state index in [-0.39, 0.29) is 31.4 Å². The summed E-state index contributed by atoms with van der Waals surface area (Å²) >= 11 is 0. The SMILES string of the molecule is Cl.NCC(=O)N(CC(N)=O)Cc1ccccc1. The Hall–Kier alpha value is -1.59. The molecule has 0 atom stereocenters. The number of primary amides is 1. The predicted molar refractivity (Wildman–Crippen MR) is 67.4 cm³/mol. The summed E-state index contributed by atoms with van der Waals surface area (Å²) in [6.07, 6.45) is 0. The first-order valence-corrected chi connectivity index (χ1v) is 4.93. The summed E-state index contributed by atoms with van der Waals surface area (Å²) in [4.78, 5) is 23.6. The van der Waals surface area contributed by atoms with E-state index in [4.69, 9.17) is 11.5 Å². The first kappa shape index (κ1) is 15.4. The van der Waals surface area contributed by atoms with E-state index in [1.165, 1.54) is 4.90 Å². The second-order valence-electron chi connectivity index (χ2n) is 3.41. The molecule has 0 aliphatic rings. The maximum Gasteiger partial charge on any atom is 0.237 e. The number of hydrogen-bond donors (Lipinski definition) is 2. The number of nitrogens with two attached hydrogens (primary N) is 2. The highest BCUT2D eigenvalue weighted by molar-refractivity contribution is 5.85. The Morgan fingerprint density at radius 3 is 2.24 bits per heavy atom. The van der Waals surface area contributed by atoms with E-state index in [9.17, 15) is 9.59 Å². The minimum absolute atomic E-state index is 0. The molecule has 5 nitrogen and oxygen atoms in total. The molecule has 0 aliphatic heterocycles. The van der Waals surface area contributed by atoms with E-state index in [2.05, 4.69) is 0 Å². The third-order valence-corrected chi connectivity index (χ3v) is 2.09. The summed E-state index contributed by atoms with van der Waals surface area (Å²) in [5.74, 6) is -0.833. The van der Waals surface area contributed by atoms with E-state index in [1.807, 2.05) is 30.3 Å². The summed E-state index contributed by atoms with van der Waals surface area (Å²) in [7, 11) is 0. The zero-order chi connectivity index (χ0) is 12.0. The van der Waals surface area contributed by atoms with Crippen LogP contribution in [0.5, 0.6) is 0 Å². The molecule has 0 spiro atoms. The highest BCUT2D eigenvalue weighted by Gasteiger charge is 2.14. The van der Waals surface area contributed by atoms with Crippen LogP contribution in [0.25, 0.3) is 0 Å². The molecular formula is C11H16ClN3O2. The van der Waals surface area contributed by atoms with Crippen molar-refractivity contribution in [1.82, 2.24) is 4.90 Å². The lowest BCUT2D eigenvalue weighted by Gasteiger charge is -2.20. The van der Waals surface area contributed by atoms with E-state index in [1.54, 1.807) is 0 Å². The number of nitrogens with zero attached hydrogens (tertiary/aromatic N) is 1. The molecule has 0 fully saturated rings. The van der Waals surface area contributed by atoms with Crippen LogP contribution in [-0.2, 0) is 16.1 Å². The number of benzene rings is 1. The van der Waals surface area contributed by atoms with Crippen LogP contribution in [-0.4, -0.2) is 29.8 Å². The first-order chi connectivity index (χ1) is 7.63. The van der Waals surface area contributed by atoms with Gasteiger partial charge in [0.15, 0.2) is 0 Å². The van der Waals surface area contributed by atoms with Crippen molar-refractivity contribution >= 4 is 24.2 Å². The van der Waals surface area contributed by atoms with Crippen molar-refractivity contribution in [3.63, 3.8) is 0 Å². The number of halogens is 1. The first-order valence-electron chi connectivity index (χ1n) is 4.93. The Bertz CT molecular complexity index is 370. The average Bonchev–Trinajstić information content (AvgIpc) is 2.28. The van der Waals surface area contributed by atoms with E-state index >= 15 is 0 Å². The fourth-order valence-electron chi connectivity index (χ4n) is 1.35. The van der Waals surface area contributed by atoms with Crippen LogP contribution in [0.4, 0.5) is 0 Å². The molecule has 0 saturated heterocycles. The van der Waals surface area contributed by atoms with Crippen LogP contribution in [0.3, 0.4) is 0 Å². The highest BCUT2D eigenvalue weighted by atomic mass is 35.5. The van der Waals surface area contributed by atoms with Gasteiger partial charge in [0, 0.05) is 6.54 Å². The molecule has 0 radical (unpaired) electrons. The maximum absolute atomic E-state index is 11.4. The zero-order valence-corrected chi connectivity index (χ0v) is 10.2. The molecule has 1 aromatic rings. The Kier molecular flexibility index (Phi) is 6.93. The third kappa shape index (κ3) is 5.33. The van der Waals surface area contributed by atoms with Crippen LogP contribution in [0, 0.1) is 0 Å². The second kappa shape index (κ2) is 7.65. The van der Waals surface area contributed by atoms with Gasteiger partial charge < -0.3 is 16.4 Å². The summed E-state index contributed by atoms with van der Waals surface area (Å²) in [6.45, 7) is 0.116. The van der Waals surface area contributed by atoms with E-state index < -0.39 is 5.91 Å². The quantitative estimate of drug-likeness (QED) is 0.771. The van der Waals surface area contributed by atoms with Crippen molar-refractivity contribution in [3.05, 3.63) is 35.9 Å². The lowest BCUT2D eigenvalue weighted by Crippen LogP contribution is -2.41. The van der Waals surface area contributed by atoms with Gasteiger partial charge in [-0.25, -0.2) is 0 Å². The van der Waals surface area contributed by atoms with Crippen molar-refractivity contribution in [3.8, 4) is 0 Å². The van der Waals surface area contributed by atoms with Gasteiger partial charge in [-0.3, -0.25) is 9.59 Å². The van der Waals surface area contributed by atoms with Crippen molar-refractivity contribution in [2.75, 3.05) is 13.1 Å². The van der Waals surface area contributed by atoms with Gasteiger partial charge >= 0.3 is 0 Å². The number of carbonyl (C=O) groups excluding carboxylic acids is 2. The summed E-state index contributed by atoms with van der Waals surface area (Å²) in [5.41, 5.74) is 11.3. The van der Waals surface area contributed by atoms with Gasteiger partial charge in [-0.15, -0.1) is 12.4 Å². The van der Waals surface area contributed by atoms with Crippen molar-refractivity contribution in [2.24, 2.45) is 11.5 Å². The number of rotatable bonds is 5. The zero-order valence-electron chi connectivity index (χ0n) is 9.33. The van der Waals surface area contributed by atoms with Gasteiger partial charge in [0.25, 0.3) is 0 Å². The van der Waals surface area contributed by atoms with Crippen LogP contribution in [0.1, 0.15) is 5.56 Å². The van der Waals surface area contributed by atoms with Gasteiger partial charge in [-0.2, -0.15) is 0 Å². The molecule has 6 heteroatoms. The van der Waals surface area contributed by atoms with Gasteiger partial charge in [-0.05, 0) is 5.56 Å². The predicted octanol–water partition coefficient (Wildman–Crippen LogP) is -0.119. The lowest BCUT2D eigenvalue weighted by atomic mass is 10.2. The molecule has 1 aromatic carbocycles. The Morgan fingerprint density at radius 2 is 1.76 bits per heavy atom. The highest BCUT2D eigenvalue weighted by Crippen LogP contribution is 2.03. The van der Waals surface area contributed by atoms with Crippen LogP contribution in [0.15, 0.2) is 30.3 Å². The van der Waals surface area contributed by atoms with Crippen molar-refractivity contribution in [1.29, 1.82) is 0 Å². The summed E-state index contributed by atoms with van der Waals surface area (Å²) < 4.78 is 0. The molecule has 0 saturated carbocycles. The fraction of sp³-hybridized carbons (Fsp3) is 0.273. The molecule has 0 unspecified atom stereocenters. The average molecular weight is 258 g/mol. The molecule has 0 aliphatic carbocycles. The molecule has 17 heavy (non-hydrogen) atoms. The second-order valence-corrected chi connectivity index (χ2v) is 3.41. The van der Waals surface area contributed by atoms with Crippen molar-refractivity contribution < 1.29 is 9.59 Å². The number of amides is 2. The van der Waals surface area contributed by atoms with Gasteiger partial charge in [-0.1, -0.05) is 30.3 Å². The topological polar surface area (TPSA) is 89.4 Å². The van der Waals surface area contributed by atoms with Gasteiger partial charge in [0.1, 0.15) is 0 Å². The third-order valence-electron chi connectivity index (χ3n) is 2.09. The standard InChI is InChI=1S/C11H15N3O2.ClH/c12-6-11(16)14(8-10(13)15)7-9-4-2-1-3-5-9;/h1-5H,6-8,12H2,(H2,13,15);1H. The fourth-order valence-corrected chi connectivity index (χ4v) is 1.35. The molecule has 0 heterocycles. The van der Waals surface area contributed by atoms with Gasteiger partial charge in [0.05, 0.1) is 13.1 Å². The molecule has 0 aromatic heterocycles. The largest absolute Gasteiger partial charge is 0.368 e. The van der Waals surface area contributed by atoms with Crippen LogP contribution < -0.4 is 11.5 Å². The van der Waals surface area contributed by atoms with Crippen LogP contribution in [0.2, 0.25) is 0 Å².